The molecule has 0 aliphatic rings. The molecule has 0 saturated carbocycles. The Balaban J connectivity index is 0.000000310. The van der Waals surface area contributed by atoms with E-state index in [1.165, 1.54) is 21.5 Å². The number of nitriles is 2. The van der Waals surface area contributed by atoms with Gasteiger partial charge in [0.2, 0.25) is 0 Å². The predicted octanol–water partition coefficient (Wildman–Crippen LogP) is 3.40. The van der Waals surface area contributed by atoms with E-state index in [-0.39, 0.29) is 60.1 Å². The molecule has 14 nitrogen and oxygen atoms in total. The molecule has 2 heterocycles. The van der Waals surface area contributed by atoms with E-state index in [0.29, 0.717) is 53.3 Å². The molecule has 6 aromatic rings. The van der Waals surface area contributed by atoms with E-state index in [9.17, 15) is 52.4 Å². The van der Waals surface area contributed by atoms with Crippen LogP contribution in [-0.2, 0) is 19.2 Å². The first kappa shape index (κ1) is 49.0. The van der Waals surface area contributed by atoms with Crippen molar-refractivity contribution in [2.75, 3.05) is 13.1 Å². The summed E-state index contributed by atoms with van der Waals surface area (Å²) in [5, 5.41) is 35.0. The maximum Gasteiger partial charge on any atom is 1.00 e. The van der Waals surface area contributed by atoms with Crippen molar-refractivity contribution < 1.29 is 65.8 Å². The average Bonchev–Trinajstić information content (AvgIpc) is 3.74. The Morgan fingerprint density at radius 1 is 0.700 bits per heavy atom. The van der Waals surface area contributed by atoms with Gasteiger partial charge in [0, 0.05) is 21.5 Å². The Bertz CT molecular complexity index is 2510. The molecule has 0 bridgehead atoms. The van der Waals surface area contributed by atoms with Crippen LogP contribution in [0.4, 0.5) is 17.6 Å². The van der Waals surface area contributed by atoms with Gasteiger partial charge in [-0.1, -0.05) is 56.0 Å². The second-order valence-electron chi connectivity index (χ2n) is 11.3. The van der Waals surface area contributed by atoms with E-state index in [1.54, 1.807) is 83.4 Å². The molecule has 4 aromatic carbocycles. The van der Waals surface area contributed by atoms with E-state index in [0.717, 1.165) is 0 Å². The molecule has 0 spiro atoms. The Morgan fingerprint density at radius 2 is 1.07 bits per heavy atom. The van der Waals surface area contributed by atoms with Crippen molar-refractivity contribution in [1.82, 2.24) is 29.7 Å². The fourth-order valence-electron chi connectivity index (χ4n) is 5.20. The molecule has 23 heteroatoms. The monoisotopic (exact) mass is 982 g/mol. The van der Waals surface area contributed by atoms with Crippen LogP contribution in [0.2, 0.25) is 0 Å². The summed E-state index contributed by atoms with van der Waals surface area (Å²) < 4.78 is 60.8. The summed E-state index contributed by atoms with van der Waals surface area (Å²) in [6.07, 6.45) is 2.60. The summed E-state index contributed by atoms with van der Waals surface area (Å²) >= 11 is 6.28. The van der Waals surface area contributed by atoms with Crippen LogP contribution in [0.1, 0.15) is 18.6 Å². The molecule has 304 valence electrons. The largest absolute Gasteiger partial charge is 1.00 e. The van der Waals surface area contributed by atoms with E-state index in [2.05, 4.69) is 54.0 Å². The van der Waals surface area contributed by atoms with Crippen LogP contribution in [0.25, 0.3) is 32.9 Å². The van der Waals surface area contributed by atoms with Gasteiger partial charge < -0.3 is 25.6 Å². The Morgan fingerprint density at radius 3 is 1.42 bits per heavy atom. The van der Waals surface area contributed by atoms with Crippen molar-refractivity contribution in [1.29, 1.82) is 10.5 Å². The van der Waals surface area contributed by atoms with Crippen LogP contribution < -0.4 is 34.6 Å². The minimum absolute atomic E-state index is 0. The number of carbonyl (C=O) groups is 4. The number of carbonyl (C=O) groups excluding carboxylic acids is 3. The first-order valence-electron chi connectivity index (χ1n) is 15.9. The van der Waals surface area contributed by atoms with Gasteiger partial charge in [-0.2, -0.15) is 28.1 Å². The summed E-state index contributed by atoms with van der Waals surface area (Å²) in [6.45, 7) is -1.96. The van der Waals surface area contributed by atoms with Gasteiger partial charge in [0.25, 0.3) is 0 Å². The molecule has 2 aromatic heterocycles. The smallest absolute Gasteiger partial charge is 0.548 e. The van der Waals surface area contributed by atoms with Crippen molar-refractivity contribution in [2.24, 2.45) is 0 Å². The quantitative estimate of drug-likeness (QED) is 0.0914. The van der Waals surface area contributed by atoms with Crippen LogP contribution in [0.15, 0.2) is 105 Å². The van der Waals surface area contributed by atoms with E-state index >= 15 is 0 Å². The number of aromatic nitrogens is 4. The number of hydrogen-bond donors (Lipinski definition) is 3. The van der Waals surface area contributed by atoms with Gasteiger partial charge in [-0.05, 0) is 79.6 Å². The zero-order chi connectivity index (χ0) is 42.4. The van der Waals surface area contributed by atoms with Crippen LogP contribution in [0, 0.1) is 22.7 Å². The SMILES string of the molecule is C.N#Cc1ccc(-n2c(Br)cnc2SC(F)(F)C(=O)NCC(=O)O)c2ccccc12.N#Cc1ccc(-n2c(Br)cnc2SC(F)(F)C(=O)NCC(=O)[O-])c2ccccc12.[Li+]. The number of nitrogens with one attached hydrogen (secondary N) is 2. The standard InChI is InChI=1S/2C18H11BrF2N4O3S.CH4.Li/c2*19-14-8-24-17(29-18(20,21)16(28)23-9-15(26)27)25(14)13-6-5-10(7-22)11-3-1-2-4-12(11)13;;/h2*1-6,8H,9H2,(H,23,28)(H,26,27);1H4;/q;;;+1/p-1. The van der Waals surface area contributed by atoms with E-state index in [1.807, 2.05) is 0 Å². The molecule has 0 fully saturated rings. The molecule has 2 amide bonds. The maximum atomic E-state index is 14.3. The molecular weight excluding hydrogens is 959 g/mol. The third kappa shape index (κ3) is 11.1. The fraction of sp³-hybridized carbons (Fsp3) is 0.135. The van der Waals surface area contributed by atoms with E-state index in [4.69, 9.17) is 5.11 Å². The normalized spacial score (nSPS) is 10.9. The van der Waals surface area contributed by atoms with Crippen LogP contribution in [0.3, 0.4) is 0 Å². The number of aliphatic carboxylic acids is 2. The number of halogens is 6. The predicted molar refractivity (Wildman–Crippen MR) is 214 cm³/mol. The van der Waals surface area contributed by atoms with Gasteiger partial charge in [-0.3, -0.25) is 23.5 Å². The number of imidazole rings is 2. The molecule has 0 saturated heterocycles. The van der Waals surface area contributed by atoms with Gasteiger partial charge in [-0.25, -0.2) is 9.97 Å². The van der Waals surface area contributed by atoms with Crippen LogP contribution in [-0.4, -0.2) is 71.6 Å². The first-order chi connectivity index (χ1) is 27.5. The molecule has 0 radical (unpaired) electrons. The number of rotatable bonds is 12. The number of thioether (sulfide) groups is 2. The summed E-state index contributed by atoms with van der Waals surface area (Å²) in [4.78, 5) is 52.1. The third-order valence-electron chi connectivity index (χ3n) is 7.66. The Hall–Kier alpha value is -5.34. The molecule has 60 heavy (non-hydrogen) atoms. The summed E-state index contributed by atoms with van der Waals surface area (Å²) in [6, 6.07) is 24.4. The second kappa shape index (κ2) is 20.8. The molecule has 0 aliphatic carbocycles. The third-order valence-corrected chi connectivity index (χ3v) is 10.6. The van der Waals surface area contributed by atoms with Gasteiger partial charge >= 0.3 is 47.2 Å². The minimum atomic E-state index is -3.99. The molecule has 0 atom stereocenters. The number of benzene rings is 4. The van der Waals surface area contributed by atoms with Crippen molar-refractivity contribution in [2.45, 2.75) is 28.2 Å². The fourth-order valence-corrected chi connectivity index (χ4v) is 7.93. The van der Waals surface area contributed by atoms with Gasteiger partial charge in [0.05, 0.1) is 59.5 Å². The number of fused-ring (bicyclic) bond motifs is 2. The van der Waals surface area contributed by atoms with Crippen molar-refractivity contribution in [3.8, 4) is 23.5 Å². The number of carboxylic acids is 2. The maximum absolute atomic E-state index is 14.3. The molecule has 0 aliphatic heterocycles. The molecule has 3 N–H and O–H groups in total. The summed E-state index contributed by atoms with van der Waals surface area (Å²) in [5.74, 6) is -6.64. The Kier molecular flexibility index (Phi) is 17.0. The van der Waals surface area contributed by atoms with Crippen LogP contribution in [0.5, 0.6) is 0 Å². The zero-order valence-electron chi connectivity index (χ0n) is 29.8. The molecule has 0 unspecified atom stereocenters. The van der Waals surface area contributed by atoms with Crippen LogP contribution >= 0.6 is 55.4 Å². The summed E-state index contributed by atoms with van der Waals surface area (Å²) in [5.41, 5.74) is 1.79. The number of hydrogen-bond acceptors (Lipinski definition) is 11. The first-order valence-corrected chi connectivity index (χ1v) is 19.1. The Labute approximate surface area is 374 Å². The topological polar surface area (TPSA) is 219 Å². The van der Waals surface area contributed by atoms with Crippen molar-refractivity contribution >= 4 is 101 Å². The van der Waals surface area contributed by atoms with Crippen molar-refractivity contribution in [3.05, 3.63) is 106 Å². The van der Waals surface area contributed by atoms with E-state index < -0.39 is 47.4 Å². The summed E-state index contributed by atoms with van der Waals surface area (Å²) in [7, 11) is 0. The zero-order valence-corrected chi connectivity index (χ0v) is 34.6. The number of carboxylic acid groups (broad SMARTS) is 2. The number of amides is 2. The molecular formula is C37H25Br2F4LiN8O6S2. The molecule has 6 rings (SSSR count). The van der Waals surface area contributed by atoms with Gasteiger partial charge in [0.1, 0.15) is 15.8 Å². The van der Waals surface area contributed by atoms with Gasteiger partial charge in [-0.15, -0.1) is 0 Å². The van der Waals surface area contributed by atoms with Crippen molar-refractivity contribution in [3.63, 3.8) is 0 Å². The second-order valence-corrected chi connectivity index (χ2v) is 15.1. The number of alkyl halides is 4. The number of nitrogens with zero attached hydrogens (tertiary/aromatic N) is 6. The minimum Gasteiger partial charge on any atom is -0.548 e. The average molecular weight is 985 g/mol. The van der Waals surface area contributed by atoms with Gasteiger partial charge in [0.15, 0.2) is 10.3 Å².